The highest BCUT2D eigenvalue weighted by Crippen LogP contribution is 2.21. The van der Waals surface area contributed by atoms with Crippen molar-refractivity contribution in [1.29, 1.82) is 0 Å². The second kappa shape index (κ2) is 7.10. The number of hydrogen-bond acceptors (Lipinski definition) is 3. The summed E-state index contributed by atoms with van der Waals surface area (Å²) in [5, 5.41) is 0. The van der Waals surface area contributed by atoms with Crippen LogP contribution in [0.4, 0.5) is 0 Å². The highest BCUT2D eigenvalue weighted by Gasteiger charge is 2.32. The molecule has 0 aromatic carbocycles. The van der Waals surface area contributed by atoms with Crippen LogP contribution in [0.3, 0.4) is 0 Å². The third-order valence-electron chi connectivity index (χ3n) is 5.50. The molecule has 1 atom stereocenters. The molecule has 0 aromatic heterocycles. The van der Waals surface area contributed by atoms with Crippen LogP contribution in [0.15, 0.2) is 0 Å². The maximum Gasteiger partial charge on any atom is 0.223 e. The average Bonchev–Trinajstić information content (AvgIpc) is 2.46. The van der Waals surface area contributed by atoms with Gasteiger partial charge in [0.15, 0.2) is 0 Å². The van der Waals surface area contributed by atoms with E-state index >= 15 is 0 Å². The zero-order chi connectivity index (χ0) is 14.7. The molecule has 0 bridgehead atoms. The molecule has 3 aliphatic rings. The van der Waals surface area contributed by atoms with Crippen LogP contribution in [-0.4, -0.2) is 72.5 Å². The molecule has 0 spiro atoms. The van der Waals surface area contributed by atoms with Crippen LogP contribution in [0.2, 0.25) is 0 Å². The van der Waals surface area contributed by atoms with E-state index in [2.05, 4.69) is 21.6 Å². The minimum atomic E-state index is 0.378. The van der Waals surface area contributed by atoms with Gasteiger partial charge in [-0.05, 0) is 44.7 Å². The lowest BCUT2D eigenvalue weighted by molar-refractivity contribution is -0.133. The Kier molecular flexibility index (Phi) is 5.17. The van der Waals surface area contributed by atoms with Gasteiger partial charge in [0.2, 0.25) is 5.91 Å². The van der Waals surface area contributed by atoms with Crippen molar-refractivity contribution in [3.63, 3.8) is 0 Å². The summed E-state index contributed by atoms with van der Waals surface area (Å²) in [6, 6.07) is 0.774. The lowest BCUT2D eigenvalue weighted by Gasteiger charge is -2.47. The maximum absolute atomic E-state index is 12.3. The molecule has 120 valence electrons. The summed E-state index contributed by atoms with van der Waals surface area (Å²) in [5.41, 5.74) is 0. The van der Waals surface area contributed by atoms with Crippen molar-refractivity contribution in [1.82, 2.24) is 14.7 Å². The molecular formula is C17H31N3O. The Bertz CT molecular complexity index is 348. The Balaban J connectivity index is 1.32. The van der Waals surface area contributed by atoms with E-state index in [-0.39, 0.29) is 0 Å². The van der Waals surface area contributed by atoms with Crippen LogP contribution in [0.25, 0.3) is 0 Å². The number of carbonyl (C=O) groups is 1. The number of likely N-dealkylation sites (tertiary alicyclic amines) is 3. The molecule has 4 nitrogen and oxygen atoms in total. The Labute approximate surface area is 129 Å². The van der Waals surface area contributed by atoms with E-state index in [4.69, 9.17) is 0 Å². The summed E-state index contributed by atoms with van der Waals surface area (Å²) in [5.74, 6) is 1.07. The van der Waals surface area contributed by atoms with Crippen molar-refractivity contribution in [2.75, 3.05) is 45.8 Å². The number of carbonyl (C=O) groups excluding carboxylic acids is 1. The van der Waals surface area contributed by atoms with Gasteiger partial charge in [-0.3, -0.25) is 14.6 Å². The van der Waals surface area contributed by atoms with E-state index in [1.165, 1.54) is 58.3 Å². The van der Waals surface area contributed by atoms with Crippen molar-refractivity contribution in [3.8, 4) is 0 Å². The van der Waals surface area contributed by atoms with Gasteiger partial charge in [0.25, 0.3) is 0 Å². The second-order valence-corrected chi connectivity index (χ2v) is 7.35. The van der Waals surface area contributed by atoms with Gasteiger partial charge in [-0.2, -0.15) is 0 Å². The first-order chi connectivity index (χ1) is 10.2. The molecule has 3 heterocycles. The molecule has 0 unspecified atom stereocenters. The fourth-order valence-corrected chi connectivity index (χ4v) is 4.07. The third kappa shape index (κ3) is 3.98. The lowest BCUT2D eigenvalue weighted by Crippen LogP contribution is -2.60. The van der Waals surface area contributed by atoms with Crippen LogP contribution in [0.5, 0.6) is 0 Å². The Morgan fingerprint density at radius 3 is 2.48 bits per heavy atom. The highest BCUT2D eigenvalue weighted by molar-refractivity contribution is 5.76. The van der Waals surface area contributed by atoms with Gasteiger partial charge in [-0.25, -0.2) is 0 Å². The van der Waals surface area contributed by atoms with Crippen LogP contribution >= 0.6 is 0 Å². The molecule has 0 saturated carbocycles. The van der Waals surface area contributed by atoms with Gasteiger partial charge in [0, 0.05) is 45.2 Å². The fourth-order valence-electron chi connectivity index (χ4n) is 4.07. The molecular weight excluding hydrogens is 262 g/mol. The zero-order valence-electron chi connectivity index (χ0n) is 13.6. The SMILES string of the molecule is C[C@H]1CCCN(C(=O)CCN2CC(N3CCCCC3)C2)C1. The van der Waals surface area contributed by atoms with E-state index in [0.717, 1.165) is 32.1 Å². The van der Waals surface area contributed by atoms with Gasteiger partial charge >= 0.3 is 0 Å². The van der Waals surface area contributed by atoms with Gasteiger partial charge in [-0.15, -0.1) is 0 Å². The maximum atomic E-state index is 12.3. The number of rotatable bonds is 4. The standard InChI is InChI=1S/C17H31N3O/c1-15-6-5-10-20(12-15)17(21)7-11-18-13-16(14-18)19-8-3-2-4-9-19/h15-16H,2-14H2,1H3/t15-/m0/s1. The molecule has 0 N–H and O–H groups in total. The Morgan fingerprint density at radius 2 is 1.76 bits per heavy atom. The summed E-state index contributed by atoms with van der Waals surface area (Å²) in [7, 11) is 0. The first-order valence-corrected chi connectivity index (χ1v) is 8.96. The van der Waals surface area contributed by atoms with E-state index in [1.807, 2.05) is 0 Å². The molecule has 3 fully saturated rings. The van der Waals surface area contributed by atoms with Crippen molar-refractivity contribution in [2.24, 2.45) is 5.92 Å². The molecule has 0 radical (unpaired) electrons. The summed E-state index contributed by atoms with van der Waals surface area (Å²) in [4.78, 5) is 19.5. The van der Waals surface area contributed by atoms with Crippen molar-refractivity contribution < 1.29 is 4.79 Å². The Hall–Kier alpha value is -0.610. The molecule has 3 rings (SSSR count). The molecule has 4 heteroatoms. The predicted molar refractivity (Wildman–Crippen MR) is 85.2 cm³/mol. The first kappa shape index (κ1) is 15.3. The van der Waals surface area contributed by atoms with Crippen LogP contribution in [-0.2, 0) is 4.79 Å². The fraction of sp³-hybridized carbons (Fsp3) is 0.941. The summed E-state index contributed by atoms with van der Waals surface area (Å²) in [6.07, 6.45) is 7.36. The zero-order valence-corrected chi connectivity index (χ0v) is 13.6. The van der Waals surface area contributed by atoms with Gasteiger partial charge in [0.05, 0.1) is 0 Å². The van der Waals surface area contributed by atoms with E-state index in [0.29, 0.717) is 11.8 Å². The predicted octanol–water partition coefficient (Wildman–Crippen LogP) is 1.81. The number of hydrogen-bond donors (Lipinski definition) is 0. The van der Waals surface area contributed by atoms with Crippen molar-refractivity contribution in [2.45, 2.75) is 51.5 Å². The van der Waals surface area contributed by atoms with Gasteiger partial charge in [-0.1, -0.05) is 13.3 Å². The quantitative estimate of drug-likeness (QED) is 0.791. The number of piperidine rings is 2. The van der Waals surface area contributed by atoms with Crippen LogP contribution < -0.4 is 0 Å². The van der Waals surface area contributed by atoms with Gasteiger partial charge < -0.3 is 4.90 Å². The molecule has 3 aliphatic heterocycles. The van der Waals surface area contributed by atoms with Gasteiger partial charge in [0.1, 0.15) is 0 Å². The molecule has 0 aromatic rings. The molecule has 3 saturated heterocycles. The third-order valence-corrected chi connectivity index (χ3v) is 5.50. The second-order valence-electron chi connectivity index (χ2n) is 7.35. The number of nitrogens with zero attached hydrogens (tertiary/aromatic N) is 3. The average molecular weight is 293 g/mol. The first-order valence-electron chi connectivity index (χ1n) is 8.96. The molecule has 1 amide bonds. The summed E-state index contributed by atoms with van der Waals surface area (Å²) >= 11 is 0. The van der Waals surface area contributed by atoms with E-state index in [9.17, 15) is 4.79 Å². The lowest BCUT2D eigenvalue weighted by atomic mass is 10.00. The van der Waals surface area contributed by atoms with Crippen LogP contribution in [0.1, 0.15) is 45.4 Å². The minimum Gasteiger partial charge on any atom is -0.342 e. The summed E-state index contributed by atoms with van der Waals surface area (Å²) in [6.45, 7) is 10.2. The van der Waals surface area contributed by atoms with E-state index < -0.39 is 0 Å². The van der Waals surface area contributed by atoms with E-state index in [1.54, 1.807) is 0 Å². The monoisotopic (exact) mass is 293 g/mol. The minimum absolute atomic E-state index is 0.378. The molecule has 0 aliphatic carbocycles. The normalized spacial score (nSPS) is 29.4. The number of amides is 1. The molecule has 21 heavy (non-hydrogen) atoms. The summed E-state index contributed by atoms with van der Waals surface area (Å²) < 4.78 is 0. The smallest absolute Gasteiger partial charge is 0.223 e. The van der Waals surface area contributed by atoms with Crippen molar-refractivity contribution >= 4 is 5.91 Å². The Morgan fingerprint density at radius 1 is 1.00 bits per heavy atom. The topological polar surface area (TPSA) is 26.8 Å². The van der Waals surface area contributed by atoms with Crippen LogP contribution in [0, 0.1) is 5.92 Å². The highest BCUT2D eigenvalue weighted by atomic mass is 16.2. The largest absolute Gasteiger partial charge is 0.342 e. The van der Waals surface area contributed by atoms with Crippen molar-refractivity contribution in [3.05, 3.63) is 0 Å².